The van der Waals surface area contributed by atoms with Crippen LogP contribution < -0.4 is 10.9 Å². The summed E-state index contributed by atoms with van der Waals surface area (Å²) in [7, 11) is 0. The molecule has 0 aliphatic carbocycles. The van der Waals surface area contributed by atoms with Gasteiger partial charge in [0, 0.05) is 19.1 Å². The van der Waals surface area contributed by atoms with Crippen molar-refractivity contribution in [2.24, 2.45) is 0 Å². The second-order valence-corrected chi connectivity index (χ2v) is 6.60. The molecule has 2 fully saturated rings. The third kappa shape index (κ3) is 3.29. The second-order valence-electron chi connectivity index (χ2n) is 5.10. The lowest BCUT2D eigenvalue weighted by Gasteiger charge is -2.29. The molecule has 0 bridgehead atoms. The average molecular weight is 315 g/mol. The molecule has 0 spiro atoms. The van der Waals surface area contributed by atoms with Gasteiger partial charge in [-0.05, 0) is 13.3 Å². The molecule has 8 nitrogen and oxygen atoms in total. The van der Waals surface area contributed by atoms with E-state index in [-0.39, 0.29) is 10.8 Å². The molecule has 2 heterocycles. The fourth-order valence-electron chi connectivity index (χ4n) is 2.42. The maximum absolute atomic E-state index is 12.0. The fourth-order valence-corrected chi connectivity index (χ4v) is 3.84. The topological polar surface area (TPSA) is 105 Å². The van der Waals surface area contributed by atoms with Crippen molar-refractivity contribution in [3.05, 3.63) is 0 Å². The van der Waals surface area contributed by atoms with Crippen LogP contribution in [0.5, 0.6) is 0 Å². The summed E-state index contributed by atoms with van der Waals surface area (Å²) in [5.74, 6) is -1.26. The SMILES string of the molecule is CC(=O)NNC(=O)COC(=O)[C@H]1CS[C@@]2(C)CCC(=O)N12. The standard InChI is InChI=1S/C12H17N3O5S/c1-7(16)13-14-9(17)5-20-11(19)8-6-21-12(2)4-3-10(18)15(8)12/h8H,3-6H2,1-2H3,(H,13,16)(H,14,17)/t8-,12+/m1/s1. The molecule has 2 aliphatic rings. The maximum atomic E-state index is 12.0. The van der Waals surface area contributed by atoms with Crippen LogP contribution in [0.25, 0.3) is 0 Å². The number of esters is 1. The molecule has 0 aromatic rings. The smallest absolute Gasteiger partial charge is 0.330 e. The van der Waals surface area contributed by atoms with Gasteiger partial charge in [0.2, 0.25) is 11.8 Å². The van der Waals surface area contributed by atoms with Crippen molar-refractivity contribution in [2.45, 2.75) is 37.6 Å². The van der Waals surface area contributed by atoms with E-state index in [1.54, 1.807) is 16.7 Å². The summed E-state index contributed by atoms with van der Waals surface area (Å²) in [6.45, 7) is 2.67. The lowest BCUT2D eigenvalue weighted by molar-refractivity contribution is -0.156. The molecular weight excluding hydrogens is 298 g/mol. The van der Waals surface area contributed by atoms with E-state index in [0.717, 1.165) is 0 Å². The van der Waals surface area contributed by atoms with Crippen molar-refractivity contribution >= 4 is 35.5 Å². The number of rotatable bonds is 3. The van der Waals surface area contributed by atoms with Crippen molar-refractivity contribution in [1.29, 1.82) is 0 Å². The number of amides is 3. The van der Waals surface area contributed by atoms with Crippen LogP contribution in [-0.4, -0.2) is 51.9 Å². The van der Waals surface area contributed by atoms with E-state index in [1.165, 1.54) is 6.92 Å². The number of hydrazine groups is 1. The number of thioether (sulfide) groups is 1. The second kappa shape index (κ2) is 5.92. The molecule has 2 aliphatic heterocycles. The van der Waals surface area contributed by atoms with Gasteiger partial charge in [0.25, 0.3) is 5.91 Å². The minimum Gasteiger partial charge on any atom is -0.454 e. The number of carbonyl (C=O) groups excluding carboxylic acids is 4. The van der Waals surface area contributed by atoms with Crippen LogP contribution in [0.4, 0.5) is 0 Å². The van der Waals surface area contributed by atoms with Crippen LogP contribution in [0.3, 0.4) is 0 Å². The first-order valence-corrected chi connectivity index (χ1v) is 7.50. The Morgan fingerprint density at radius 1 is 1.43 bits per heavy atom. The van der Waals surface area contributed by atoms with Gasteiger partial charge in [-0.15, -0.1) is 11.8 Å². The van der Waals surface area contributed by atoms with E-state index in [1.807, 2.05) is 6.92 Å². The minimum absolute atomic E-state index is 0.0628. The van der Waals surface area contributed by atoms with Gasteiger partial charge in [0.15, 0.2) is 6.61 Å². The third-order valence-corrected chi connectivity index (χ3v) is 4.95. The number of ether oxygens (including phenoxy) is 1. The number of nitrogens with zero attached hydrogens (tertiary/aromatic N) is 1. The maximum Gasteiger partial charge on any atom is 0.330 e. The van der Waals surface area contributed by atoms with Gasteiger partial charge in [-0.1, -0.05) is 0 Å². The summed E-state index contributed by atoms with van der Waals surface area (Å²) in [5.41, 5.74) is 4.18. The molecule has 3 amide bonds. The zero-order chi connectivity index (χ0) is 15.6. The molecule has 2 atom stereocenters. The highest BCUT2D eigenvalue weighted by Crippen LogP contribution is 2.47. The summed E-state index contributed by atoms with van der Waals surface area (Å²) in [6, 6.07) is -0.649. The number of hydrogen-bond acceptors (Lipinski definition) is 6. The van der Waals surface area contributed by atoms with E-state index < -0.39 is 30.4 Å². The van der Waals surface area contributed by atoms with Gasteiger partial charge in [0.05, 0.1) is 4.87 Å². The lowest BCUT2D eigenvalue weighted by Crippen LogP contribution is -2.48. The molecule has 0 radical (unpaired) electrons. The monoisotopic (exact) mass is 315 g/mol. The Labute approximate surface area is 125 Å². The average Bonchev–Trinajstić information content (AvgIpc) is 2.91. The highest BCUT2D eigenvalue weighted by atomic mass is 32.2. The van der Waals surface area contributed by atoms with Crippen molar-refractivity contribution in [1.82, 2.24) is 15.8 Å². The number of carbonyl (C=O) groups is 4. The Bertz CT molecular complexity index is 497. The Kier molecular flexibility index (Phi) is 4.40. The predicted octanol–water partition coefficient (Wildman–Crippen LogP) is -0.849. The molecule has 0 saturated carbocycles. The van der Waals surface area contributed by atoms with Crippen molar-refractivity contribution < 1.29 is 23.9 Å². The molecule has 0 unspecified atom stereocenters. The Hall–Kier alpha value is -1.77. The molecule has 0 aromatic heterocycles. The molecule has 116 valence electrons. The molecule has 2 rings (SSSR count). The number of hydrogen-bond donors (Lipinski definition) is 2. The van der Waals surface area contributed by atoms with Gasteiger partial charge in [-0.25, -0.2) is 4.79 Å². The van der Waals surface area contributed by atoms with Crippen LogP contribution in [0.1, 0.15) is 26.7 Å². The van der Waals surface area contributed by atoms with Crippen LogP contribution in [0.2, 0.25) is 0 Å². The summed E-state index contributed by atoms with van der Waals surface area (Å²) < 4.78 is 4.91. The van der Waals surface area contributed by atoms with Gasteiger partial charge in [0.1, 0.15) is 6.04 Å². The molecule has 0 aromatic carbocycles. The van der Waals surface area contributed by atoms with Crippen LogP contribution in [-0.2, 0) is 23.9 Å². The summed E-state index contributed by atoms with van der Waals surface area (Å²) in [4.78, 5) is 47.0. The van der Waals surface area contributed by atoms with Gasteiger partial charge in [-0.2, -0.15) is 0 Å². The highest BCUT2D eigenvalue weighted by molar-refractivity contribution is 8.01. The van der Waals surface area contributed by atoms with Crippen molar-refractivity contribution in [3.8, 4) is 0 Å². The van der Waals surface area contributed by atoms with E-state index >= 15 is 0 Å². The fraction of sp³-hybridized carbons (Fsp3) is 0.667. The Balaban J connectivity index is 1.85. The van der Waals surface area contributed by atoms with E-state index in [4.69, 9.17) is 4.74 Å². The quantitative estimate of drug-likeness (QED) is 0.519. The number of nitrogens with one attached hydrogen (secondary N) is 2. The number of fused-ring (bicyclic) bond motifs is 1. The van der Waals surface area contributed by atoms with Gasteiger partial charge < -0.3 is 9.64 Å². The lowest BCUT2D eigenvalue weighted by atomic mass is 10.2. The zero-order valence-corrected chi connectivity index (χ0v) is 12.6. The highest BCUT2D eigenvalue weighted by Gasteiger charge is 2.53. The Morgan fingerprint density at radius 2 is 2.14 bits per heavy atom. The first kappa shape index (κ1) is 15.6. The minimum atomic E-state index is -0.649. The predicted molar refractivity (Wildman–Crippen MR) is 73.6 cm³/mol. The van der Waals surface area contributed by atoms with Gasteiger partial charge in [-0.3, -0.25) is 25.2 Å². The first-order valence-electron chi connectivity index (χ1n) is 6.52. The van der Waals surface area contributed by atoms with E-state index in [0.29, 0.717) is 18.6 Å². The van der Waals surface area contributed by atoms with Gasteiger partial charge >= 0.3 is 5.97 Å². The summed E-state index contributed by atoms with van der Waals surface area (Å²) in [5, 5.41) is 0. The summed E-state index contributed by atoms with van der Waals surface area (Å²) >= 11 is 1.55. The van der Waals surface area contributed by atoms with Crippen LogP contribution >= 0.6 is 11.8 Å². The van der Waals surface area contributed by atoms with E-state index in [2.05, 4.69) is 10.9 Å². The molecule has 2 N–H and O–H groups in total. The normalized spacial score (nSPS) is 27.2. The Morgan fingerprint density at radius 3 is 2.81 bits per heavy atom. The van der Waals surface area contributed by atoms with E-state index in [9.17, 15) is 19.2 Å². The molecule has 21 heavy (non-hydrogen) atoms. The van der Waals surface area contributed by atoms with Crippen molar-refractivity contribution in [2.75, 3.05) is 12.4 Å². The van der Waals surface area contributed by atoms with Crippen LogP contribution in [0.15, 0.2) is 0 Å². The third-order valence-electron chi connectivity index (χ3n) is 3.44. The first-order chi connectivity index (χ1) is 9.83. The zero-order valence-electron chi connectivity index (χ0n) is 11.8. The molecule has 2 saturated heterocycles. The molecule has 9 heteroatoms. The largest absolute Gasteiger partial charge is 0.454 e. The molecular formula is C12H17N3O5S. The summed E-state index contributed by atoms with van der Waals surface area (Å²) in [6.07, 6.45) is 1.14. The van der Waals surface area contributed by atoms with Crippen LogP contribution in [0, 0.1) is 0 Å². The van der Waals surface area contributed by atoms with Crippen molar-refractivity contribution in [3.63, 3.8) is 0 Å².